The summed E-state index contributed by atoms with van der Waals surface area (Å²) in [6, 6.07) is 13.5. The molecule has 0 amide bonds. The first-order valence-corrected chi connectivity index (χ1v) is 10.6. The van der Waals surface area contributed by atoms with Crippen LogP contribution in [0.2, 0.25) is 0 Å². The Hall–Kier alpha value is -3.39. The predicted molar refractivity (Wildman–Crippen MR) is 112 cm³/mol. The summed E-state index contributed by atoms with van der Waals surface area (Å²) in [6.07, 6.45) is 1.46. The summed E-state index contributed by atoms with van der Waals surface area (Å²) in [5.41, 5.74) is 2.75. The average molecular weight is 421 g/mol. The quantitative estimate of drug-likeness (QED) is 0.417. The van der Waals surface area contributed by atoms with Crippen LogP contribution >= 0.6 is 11.3 Å². The molecule has 30 heavy (non-hydrogen) atoms. The van der Waals surface area contributed by atoms with Crippen LogP contribution in [0.3, 0.4) is 0 Å². The zero-order chi connectivity index (χ0) is 20.3. The minimum absolute atomic E-state index is 0.259. The van der Waals surface area contributed by atoms with Crippen LogP contribution < -0.4 is 14.2 Å². The summed E-state index contributed by atoms with van der Waals surface area (Å²) < 4.78 is 21.8. The van der Waals surface area contributed by atoms with Gasteiger partial charge in [0.2, 0.25) is 18.5 Å². The van der Waals surface area contributed by atoms with Crippen molar-refractivity contribution in [2.24, 2.45) is 0 Å². The van der Waals surface area contributed by atoms with Gasteiger partial charge < -0.3 is 18.7 Å². The number of fused-ring (bicyclic) bond motifs is 1. The molecule has 0 spiro atoms. The van der Waals surface area contributed by atoms with Crippen LogP contribution in [0, 0.1) is 0 Å². The Labute approximate surface area is 177 Å². The molecule has 3 heterocycles. The van der Waals surface area contributed by atoms with E-state index in [1.54, 1.807) is 11.3 Å². The summed E-state index contributed by atoms with van der Waals surface area (Å²) in [7, 11) is 0. The lowest BCUT2D eigenvalue weighted by atomic mass is 10.1. The normalized spacial score (nSPS) is 12.3. The molecular formula is C22H19N3O4S. The molecule has 1 aliphatic rings. The molecule has 0 saturated carbocycles. The summed E-state index contributed by atoms with van der Waals surface area (Å²) in [5, 5.41) is 7.02. The Balaban J connectivity index is 1.28. The smallest absolute Gasteiger partial charge is 0.233 e. The Bertz CT molecular complexity index is 1150. The molecule has 7 nitrogen and oxygen atoms in total. The molecule has 5 rings (SSSR count). The van der Waals surface area contributed by atoms with E-state index in [0.717, 1.165) is 45.5 Å². The van der Waals surface area contributed by atoms with Crippen LogP contribution in [0.25, 0.3) is 22.6 Å². The molecule has 0 radical (unpaired) electrons. The number of hydrogen-bond acceptors (Lipinski definition) is 8. The van der Waals surface area contributed by atoms with Crippen LogP contribution in [0.1, 0.15) is 24.2 Å². The second kappa shape index (κ2) is 8.16. The van der Waals surface area contributed by atoms with Gasteiger partial charge in [-0.3, -0.25) is 0 Å². The number of aromatic nitrogens is 3. The van der Waals surface area contributed by atoms with Gasteiger partial charge in [0.15, 0.2) is 11.5 Å². The Morgan fingerprint density at radius 2 is 1.83 bits per heavy atom. The van der Waals surface area contributed by atoms with Gasteiger partial charge in [-0.25, -0.2) is 4.98 Å². The van der Waals surface area contributed by atoms with Crippen LogP contribution in [0.5, 0.6) is 17.2 Å². The number of rotatable bonds is 7. The van der Waals surface area contributed by atoms with Crippen molar-refractivity contribution >= 4 is 11.3 Å². The fraction of sp³-hybridized carbons (Fsp3) is 0.227. The molecule has 0 saturated heterocycles. The van der Waals surface area contributed by atoms with E-state index >= 15 is 0 Å². The van der Waals surface area contributed by atoms with Crippen LogP contribution in [0.4, 0.5) is 0 Å². The highest BCUT2D eigenvalue weighted by Gasteiger charge is 2.16. The fourth-order valence-corrected chi connectivity index (χ4v) is 3.87. The van der Waals surface area contributed by atoms with Crippen LogP contribution in [-0.4, -0.2) is 28.5 Å². The Kier molecular flexibility index (Phi) is 5.06. The van der Waals surface area contributed by atoms with Crippen molar-refractivity contribution in [3.05, 3.63) is 58.7 Å². The number of ether oxygens (including phenoxy) is 3. The molecule has 1 aliphatic heterocycles. The third-order valence-electron chi connectivity index (χ3n) is 4.58. The molecule has 0 N–H and O–H groups in total. The van der Waals surface area contributed by atoms with Gasteiger partial charge >= 0.3 is 0 Å². The minimum atomic E-state index is 0.259. The van der Waals surface area contributed by atoms with Gasteiger partial charge in [-0.1, -0.05) is 12.1 Å². The summed E-state index contributed by atoms with van der Waals surface area (Å²) in [6.45, 7) is 3.04. The van der Waals surface area contributed by atoms with Gasteiger partial charge in [0, 0.05) is 16.5 Å². The molecule has 0 atom stereocenters. The van der Waals surface area contributed by atoms with Crippen molar-refractivity contribution in [1.29, 1.82) is 0 Å². The first-order valence-electron chi connectivity index (χ1n) is 9.69. The van der Waals surface area contributed by atoms with Crippen molar-refractivity contribution in [1.82, 2.24) is 15.1 Å². The van der Waals surface area contributed by atoms with Gasteiger partial charge in [-0.05, 0) is 48.9 Å². The zero-order valence-electron chi connectivity index (χ0n) is 16.3. The molecule has 0 bridgehead atoms. The van der Waals surface area contributed by atoms with Crippen molar-refractivity contribution in [3.8, 4) is 39.9 Å². The lowest BCUT2D eigenvalue weighted by molar-refractivity contribution is 0.174. The van der Waals surface area contributed by atoms with E-state index in [9.17, 15) is 0 Å². The lowest BCUT2D eigenvalue weighted by Crippen LogP contribution is -1.94. The molecule has 4 aromatic rings. The third kappa shape index (κ3) is 3.86. The van der Waals surface area contributed by atoms with Crippen molar-refractivity contribution in [2.75, 3.05) is 13.4 Å². The van der Waals surface area contributed by atoms with Gasteiger partial charge in [-0.2, -0.15) is 4.98 Å². The first kappa shape index (κ1) is 18.6. The topological polar surface area (TPSA) is 79.5 Å². The summed E-state index contributed by atoms with van der Waals surface area (Å²) in [5.74, 6) is 3.43. The van der Waals surface area contributed by atoms with E-state index in [4.69, 9.17) is 23.7 Å². The van der Waals surface area contributed by atoms with E-state index in [1.807, 2.05) is 47.8 Å². The minimum Gasteiger partial charge on any atom is -0.494 e. The zero-order valence-corrected chi connectivity index (χ0v) is 17.1. The molecule has 0 fully saturated rings. The van der Waals surface area contributed by atoms with Crippen molar-refractivity contribution in [2.45, 2.75) is 19.8 Å². The maximum Gasteiger partial charge on any atom is 0.233 e. The number of hydrogen-bond donors (Lipinski definition) is 0. The molecule has 0 unspecified atom stereocenters. The highest BCUT2D eigenvalue weighted by atomic mass is 32.1. The molecule has 152 valence electrons. The van der Waals surface area contributed by atoms with E-state index in [2.05, 4.69) is 17.1 Å². The second-order valence-corrected chi connectivity index (χ2v) is 7.70. The number of benzene rings is 2. The molecule has 0 aliphatic carbocycles. The summed E-state index contributed by atoms with van der Waals surface area (Å²) in [4.78, 5) is 9.21. The van der Waals surface area contributed by atoms with Gasteiger partial charge in [-0.15, -0.1) is 11.3 Å². The highest BCUT2D eigenvalue weighted by molar-refractivity contribution is 7.10. The van der Waals surface area contributed by atoms with Gasteiger partial charge in [0.25, 0.3) is 0 Å². The SMILES string of the molecule is CCCOc1ccc(-c2noc(Cc3nc(-c4ccc5c(c4)OCO5)cs3)n2)cc1. The Morgan fingerprint density at radius 1 is 1.00 bits per heavy atom. The maximum absolute atomic E-state index is 5.61. The molecular weight excluding hydrogens is 402 g/mol. The molecule has 2 aromatic heterocycles. The summed E-state index contributed by atoms with van der Waals surface area (Å²) >= 11 is 1.56. The van der Waals surface area contributed by atoms with E-state index in [0.29, 0.717) is 24.7 Å². The van der Waals surface area contributed by atoms with Crippen LogP contribution in [0.15, 0.2) is 52.4 Å². The van der Waals surface area contributed by atoms with Gasteiger partial charge in [0.1, 0.15) is 10.8 Å². The van der Waals surface area contributed by atoms with Crippen molar-refractivity contribution in [3.63, 3.8) is 0 Å². The van der Waals surface area contributed by atoms with E-state index < -0.39 is 0 Å². The largest absolute Gasteiger partial charge is 0.494 e. The van der Waals surface area contributed by atoms with Crippen molar-refractivity contribution < 1.29 is 18.7 Å². The first-order chi connectivity index (χ1) is 14.8. The average Bonchev–Trinajstić information content (AvgIpc) is 3.53. The lowest BCUT2D eigenvalue weighted by Gasteiger charge is -2.03. The van der Waals surface area contributed by atoms with Gasteiger partial charge in [0.05, 0.1) is 18.7 Å². The monoisotopic (exact) mass is 421 g/mol. The van der Waals surface area contributed by atoms with E-state index in [1.165, 1.54) is 0 Å². The number of nitrogens with zero attached hydrogens (tertiary/aromatic N) is 3. The predicted octanol–water partition coefficient (Wildman–Crippen LogP) is 4.97. The Morgan fingerprint density at radius 3 is 2.70 bits per heavy atom. The third-order valence-corrected chi connectivity index (χ3v) is 5.42. The standard InChI is InChI=1S/C22H19N3O4S/c1-2-9-26-16-6-3-14(4-7-16)22-24-20(29-25-22)11-21-23-17(12-30-21)15-5-8-18-19(10-15)28-13-27-18/h3-8,10,12H,2,9,11,13H2,1H3. The number of thiazole rings is 1. The van der Waals surface area contributed by atoms with E-state index in [-0.39, 0.29) is 6.79 Å². The fourth-order valence-electron chi connectivity index (χ4n) is 3.07. The van der Waals surface area contributed by atoms with Crippen LogP contribution in [-0.2, 0) is 6.42 Å². The molecule has 8 heteroatoms. The second-order valence-electron chi connectivity index (χ2n) is 6.76. The molecule has 2 aromatic carbocycles. The maximum atomic E-state index is 5.61. The highest BCUT2D eigenvalue weighted by Crippen LogP contribution is 2.36.